The van der Waals surface area contributed by atoms with E-state index < -0.39 is 0 Å². The summed E-state index contributed by atoms with van der Waals surface area (Å²) in [6.07, 6.45) is 5.40. The molecule has 0 N–H and O–H groups in total. The quantitative estimate of drug-likeness (QED) is 0.554. The van der Waals surface area contributed by atoms with Crippen LogP contribution in [0.25, 0.3) is 0 Å². The summed E-state index contributed by atoms with van der Waals surface area (Å²) >= 11 is 3.48. The van der Waals surface area contributed by atoms with Gasteiger partial charge in [0, 0.05) is 6.70 Å². The van der Waals surface area contributed by atoms with Gasteiger partial charge in [0.05, 0.1) is 0 Å². The van der Waals surface area contributed by atoms with E-state index in [1.807, 2.05) is 0 Å². The maximum absolute atomic E-state index is 8.18. The normalized spacial score (nSPS) is 55.4. The first-order valence-corrected chi connectivity index (χ1v) is 4.91. The van der Waals surface area contributed by atoms with Gasteiger partial charge in [-0.15, -0.1) is 0 Å². The van der Waals surface area contributed by atoms with Crippen molar-refractivity contribution in [2.24, 2.45) is 16.7 Å². The van der Waals surface area contributed by atoms with Crippen molar-refractivity contribution in [3.05, 3.63) is 0 Å². The molecular formula is C8H11Br. The van der Waals surface area contributed by atoms with Crippen molar-refractivity contribution in [1.29, 1.82) is 0 Å². The van der Waals surface area contributed by atoms with Crippen molar-refractivity contribution >= 4 is 15.9 Å². The second kappa shape index (κ2) is 1.13. The third-order valence-corrected chi connectivity index (χ3v) is 4.20. The summed E-state index contributed by atoms with van der Waals surface area (Å²) in [5, 5.41) is 0.917. The van der Waals surface area contributed by atoms with Gasteiger partial charge in [0.15, 0.2) is 0 Å². The van der Waals surface area contributed by atoms with Gasteiger partial charge in [-0.2, -0.15) is 0 Å². The summed E-state index contributed by atoms with van der Waals surface area (Å²) in [5.74, 6) is -0.0278. The first-order valence-electron chi connectivity index (χ1n) is 4.29. The standard InChI is InChI=1S/C8H11Br/c9-5-6-7(1-2-7)8(6)3-4-8/h6H,1-5H2/i6D. The molecule has 3 aliphatic rings. The van der Waals surface area contributed by atoms with Crippen LogP contribution in [0.1, 0.15) is 27.1 Å². The van der Waals surface area contributed by atoms with E-state index in [2.05, 4.69) is 15.9 Å². The van der Waals surface area contributed by atoms with Crippen molar-refractivity contribution in [3.63, 3.8) is 0 Å². The third-order valence-electron chi connectivity index (χ3n) is 3.64. The molecule has 0 radical (unpaired) electrons. The summed E-state index contributed by atoms with van der Waals surface area (Å²) < 4.78 is 8.18. The Morgan fingerprint density at radius 3 is 1.89 bits per heavy atom. The Kier molecular flexibility index (Phi) is 0.550. The Balaban J connectivity index is 2.02. The third kappa shape index (κ3) is 0.359. The van der Waals surface area contributed by atoms with E-state index in [9.17, 15) is 0 Å². The second-order valence-corrected chi connectivity index (χ2v) is 4.34. The molecule has 3 rings (SSSR count). The molecule has 0 aromatic heterocycles. The minimum absolute atomic E-state index is 0.0278. The van der Waals surface area contributed by atoms with E-state index in [0.717, 1.165) is 5.33 Å². The molecule has 0 aromatic carbocycles. The highest BCUT2D eigenvalue weighted by atomic mass is 79.9. The molecule has 50 valence electrons. The first kappa shape index (κ1) is 4.38. The second-order valence-electron chi connectivity index (χ2n) is 3.78. The fraction of sp³-hybridized carbons (Fsp3) is 1.00. The summed E-state index contributed by atoms with van der Waals surface area (Å²) in [6.45, 7) is 0. The molecule has 0 atom stereocenters. The van der Waals surface area contributed by atoms with Crippen LogP contribution >= 0.6 is 15.9 Å². The highest BCUT2D eigenvalue weighted by Crippen LogP contribution is 2.92. The highest BCUT2D eigenvalue weighted by Gasteiger charge is 2.85. The van der Waals surface area contributed by atoms with Crippen LogP contribution in [0, 0.1) is 16.7 Å². The Labute approximate surface area is 65.5 Å². The van der Waals surface area contributed by atoms with Crippen LogP contribution in [0.2, 0.25) is 0 Å². The van der Waals surface area contributed by atoms with E-state index in [0.29, 0.717) is 10.8 Å². The smallest absolute Gasteiger partial charge is 0.0323 e. The number of halogens is 1. The van der Waals surface area contributed by atoms with Gasteiger partial charge in [-0.25, -0.2) is 0 Å². The SMILES string of the molecule is [2H]C1(CBr)C2(CC2)C12CC2. The average Bonchev–Trinajstić information content (AvgIpc) is 2.76. The molecule has 0 heterocycles. The van der Waals surface area contributed by atoms with E-state index in [1.165, 1.54) is 25.7 Å². The Morgan fingerprint density at radius 2 is 1.78 bits per heavy atom. The zero-order valence-corrected chi connectivity index (χ0v) is 7.00. The number of rotatable bonds is 1. The maximum atomic E-state index is 8.18. The largest absolute Gasteiger partial charge is 0.0925 e. The summed E-state index contributed by atoms with van der Waals surface area (Å²) in [4.78, 5) is 0. The summed E-state index contributed by atoms with van der Waals surface area (Å²) in [7, 11) is 0. The number of alkyl halides is 1. The lowest BCUT2D eigenvalue weighted by Crippen LogP contribution is -1.78. The van der Waals surface area contributed by atoms with Gasteiger partial charge < -0.3 is 0 Å². The Hall–Kier alpha value is 0.480. The van der Waals surface area contributed by atoms with Gasteiger partial charge in [0.2, 0.25) is 0 Å². The average molecular weight is 188 g/mol. The van der Waals surface area contributed by atoms with Crippen molar-refractivity contribution in [3.8, 4) is 0 Å². The molecule has 0 aromatic rings. The van der Waals surface area contributed by atoms with Crippen LogP contribution < -0.4 is 0 Å². The van der Waals surface area contributed by atoms with Crippen LogP contribution in [0.5, 0.6) is 0 Å². The Morgan fingerprint density at radius 1 is 1.33 bits per heavy atom. The number of hydrogen-bond acceptors (Lipinski definition) is 0. The minimum Gasteiger partial charge on any atom is -0.0925 e. The van der Waals surface area contributed by atoms with Crippen LogP contribution in [-0.2, 0) is 0 Å². The summed E-state index contributed by atoms with van der Waals surface area (Å²) in [5.41, 5.74) is 1.06. The highest BCUT2D eigenvalue weighted by molar-refractivity contribution is 9.09. The fourth-order valence-corrected chi connectivity index (χ4v) is 3.86. The Bertz CT molecular complexity index is 185. The molecule has 0 amide bonds. The molecule has 3 fully saturated rings. The predicted octanol–water partition coefficient (Wildman–Crippen LogP) is 2.57. The van der Waals surface area contributed by atoms with Crippen molar-refractivity contribution in [1.82, 2.24) is 0 Å². The molecule has 0 bridgehead atoms. The van der Waals surface area contributed by atoms with E-state index >= 15 is 0 Å². The molecular weight excluding hydrogens is 176 g/mol. The van der Waals surface area contributed by atoms with Crippen LogP contribution in [-0.4, -0.2) is 5.33 Å². The van der Waals surface area contributed by atoms with Crippen molar-refractivity contribution in [2.75, 3.05) is 5.33 Å². The molecule has 0 nitrogen and oxygen atoms in total. The summed E-state index contributed by atoms with van der Waals surface area (Å²) in [6, 6.07) is 0. The van der Waals surface area contributed by atoms with Crippen LogP contribution in [0.4, 0.5) is 0 Å². The van der Waals surface area contributed by atoms with Gasteiger partial charge >= 0.3 is 0 Å². The van der Waals surface area contributed by atoms with Gasteiger partial charge in [0.25, 0.3) is 0 Å². The van der Waals surface area contributed by atoms with Crippen LogP contribution in [0.3, 0.4) is 0 Å². The van der Waals surface area contributed by atoms with Crippen LogP contribution in [0.15, 0.2) is 0 Å². The van der Waals surface area contributed by atoms with Gasteiger partial charge in [-0.1, -0.05) is 15.9 Å². The lowest BCUT2D eigenvalue weighted by atomic mass is 10.3. The fourth-order valence-electron chi connectivity index (χ4n) is 2.79. The monoisotopic (exact) mass is 187 g/mol. The predicted molar refractivity (Wildman–Crippen MR) is 40.6 cm³/mol. The molecule has 1 heteroatoms. The lowest BCUT2D eigenvalue weighted by molar-refractivity contribution is 0.716. The number of hydrogen-bond donors (Lipinski definition) is 0. The van der Waals surface area contributed by atoms with E-state index in [-0.39, 0.29) is 5.89 Å². The first-order chi connectivity index (χ1) is 4.72. The van der Waals surface area contributed by atoms with Gasteiger partial charge in [-0.3, -0.25) is 0 Å². The maximum Gasteiger partial charge on any atom is 0.0323 e. The minimum atomic E-state index is -0.0278. The topological polar surface area (TPSA) is 0 Å². The van der Waals surface area contributed by atoms with Gasteiger partial charge in [0.1, 0.15) is 0 Å². The van der Waals surface area contributed by atoms with Crippen molar-refractivity contribution < 1.29 is 1.37 Å². The van der Waals surface area contributed by atoms with E-state index in [4.69, 9.17) is 1.37 Å². The van der Waals surface area contributed by atoms with E-state index in [1.54, 1.807) is 0 Å². The van der Waals surface area contributed by atoms with Crippen molar-refractivity contribution in [2.45, 2.75) is 25.7 Å². The lowest BCUT2D eigenvalue weighted by Gasteiger charge is -1.80. The molecule has 0 saturated heterocycles. The molecule has 0 unspecified atom stereocenters. The number of fused-ring (bicyclic) bond motifs is 1. The molecule has 9 heavy (non-hydrogen) atoms. The molecule has 0 aliphatic heterocycles. The van der Waals surface area contributed by atoms with Gasteiger partial charge in [-0.05, 0) is 42.4 Å². The zero-order valence-electron chi connectivity index (χ0n) is 6.41. The molecule has 3 saturated carbocycles. The molecule has 2 spiro atoms. The zero-order chi connectivity index (χ0) is 7.04. The molecule has 3 aliphatic carbocycles.